The van der Waals surface area contributed by atoms with Crippen molar-refractivity contribution in [2.75, 3.05) is 17.4 Å². The van der Waals surface area contributed by atoms with Crippen molar-refractivity contribution in [1.29, 1.82) is 0 Å². The number of nitrogens with two attached hydrogens (primary N) is 1. The van der Waals surface area contributed by atoms with Crippen LogP contribution in [0.1, 0.15) is 5.56 Å². The molecule has 1 aromatic carbocycles. The Kier molecular flexibility index (Phi) is 3.96. The molecule has 1 heterocycles. The van der Waals surface area contributed by atoms with Crippen LogP contribution >= 0.6 is 11.6 Å². The van der Waals surface area contributed by atoms with Crippen molar-refractivity contribution in [3.05, 3.63) is 47.2 Å². The number of hydrazine groups is 1. The van der Waals surface area contributed by atoms with Crippen LogP contribution in [0, 0.1) is 0 Å². The van der Waals surface area contributed by atoms with Gasteiger partial charge in [0.25, 0.3) is 0 Å². The van der Waals surface area contributed by atoms with Crippen molar-refractivity contribution in [1.82, 2.24) is 9.97 Å². The standard InChI is InChI=1S/C12H14ClN5/c1-18(7-9-4-2-3-5-10(9)13)12-6-11(17-14)15-8-16-12/h2-6,8H,7,14H2,1H3,(H,15,16,17). The van der Waals surface area contributed by atoms with Gasteiger partial charge in [0.05, 0.1) is 0 Å². The number of hydrogen-bond acceptors (Lipinski definition) is 5. The monoisotopic (exact) mass is 263 g/mol. The van der Waals surface area contributed by atoms with E-state index >= 15 is 0 Å². The summed E-state index contributed by atoms with van der Waals surface area (Å²) in [6, 6.07) is 9.51. The molecule has 0 spiro atoms. The summed E-state index contributed by atoms with van der Waals surface area (Å²) in [5, 5.41) is 0.746. The molecule has 3 N–H and O–H groups in total. The number of nitrogens with zero attached hydrogens (tertiary/aromatic N) is 3. The maximum absolute atomic E-state index is 6.12. The summed E-state index contributed by atoms with van der Waals surface area (Å²) >= 11 is 6.12. The molecular weight excluding hydrogens is 250 g/mol. The van der Waals surface area contributed by atoms with Gasteiger partial charge in [0.1, 0.15) is 18.0 Å². The molecule has 1 aromatic heterocycles. The van der Waals surface area contributed by atoms with E-state index in [2.05, 4.69) is 15.4 Å². The molecule has 2 aromatic rings. The fraction of sp³-hybridized carbons (Fsp3) is 0.167. The molecule has 0 aliphatic carbocycles. The predicted octanol–water partition coefficient (Wildman–Crippen LogP) is 2.05. The highest BCUT2D eigenvalue weighted by molar-refractivity contribution is 6.31. The number of halogens is 1. The van der Waals surface area contributed by atoms with Crippen LogP contribution in [0.4, 0.5) is 11.6 Å². The predicted molar refractivity (Wildman–Crippen MR) is 73.4 cm³/mol. The number of aromatic nitrogens is 2. The lowest BCUT2D eigenvalue weighted by atomic mass is 10.2. The molecule has 6 heteroatoms. The fourth-order valence-electron chi connectivity index (χ4n) is 1.60. The summed E-state index contributed by atoms with van der Waals surface area (Å²) in [5.41, 5.74) is 3.54. The molecule has 0 saturated heterocycles. The third-order valence-electron chi connectivity index (χ3n) is 2.56. The summed E-state index contributed by atoms with van der Waals surface area (Å²) in [4.78, 5) is 10.1. The molecule has 0 bridgehead atoms. The Morgan fingerprint density at radius 1 is 1.33 bits per heavy atom. The Bertz CT molecular complexity index is 531. The van der Waals surface area contributed by atoms with E-state index in [0.717, 1.165) is 16.4 Å². The topological polar surface area (TPSA) is 67.1 Å². The Morgan fingerprint density at radius 3 is 2.83 bits per heavy atom. The van der Waals surface area contributed by atoms with E-state index in [1.54, 1.807) is 6.07 Å². The van der Waals surface area contributed by atoms with Gasteiger partial charge in [-0.15, -0.1) is 0 Å². The van der Waals surface area contributed by atoms with Crippen molar-refractivity contribution in [3.8, 4) is 0 Å². The van der Waals surface area contributed by atoms with Crippen LogP contribution in [0.25, 0.3) is 0 Å². The number of nitrogens with one attached hydrogen (secondary N) is 1. The number of hydrogen-bond donors (Lipinski definition) is 2. The molecule has 0 radical (unpaired) electrons. The summed E-state index contributed by atoms with van der Waals surface area (Å²) < 4.78 is 0. The van der Waals surface area contributed by atoms with Gasteiger partial charge in [-0.3, -0.25) is 0 Å². The Labute approximate surface area is 111 Å². The zero-order valence-corrected chi connectivity index (χ0v) is 10.7. The first-order valence-electron chi connectivity index (χ1n) is 5.44. The third kappa shape index (κ3) is 2.88. The molecule has 5 nitrogen and oxygen atoms in total. The second kappa shape index (κ2) is 5.66. The van der Waals surface area contributed by atoms with Crippen LogP contribution in [0.15, 0.2) is 36.7 Å². The molecule has 0 unspecified atom stereocenters. The van der Waals surface area contributed by atoms with Crippen molar-refractivity contribution in [2.45, 2.75) is 6.54 Å². The second-order valence-corrected chi connectivity index (χ2v) is 4.26. The minimum absolute atomic E-state index is 0.575. The molecule has 2 rings (SSSR count). The maximum atomic E-state index is 6.12. The number of nitrogen functional groups attached to an aromatic ring is 1. The van der Waals surface area contributed by atoms with Gasteiger partial charge in [0, 0.05) is 24.7 Å². The van der Waals surface area contributed by atoms with Gasteiger partial charge >= 0.3 is 0 Å². The van der Waals surface area contributed by atoms with E-state index < -0.39 is 0 Å². The first-order chi connectivity index (χ1) is 8.70. The van der Waals surface area contributed by atoms with Crippen LogP contribution in [0.3, 0.4) is 0 Å². The van der Waals surface area contributed by atoms with E-state index in [9.17, 15) is 0 Å². The highest BCUT2D eigenvalue weighted by Gasteiger charge is 2.07. The Morgan fingerprint density at radius 2 is 2.11 bits per heavy atom. The Balaban J connectivity index is 2.16. The maximum Gasteiger partial charge on any atom is 0.145 e. The van der Waals surface area contributed by atoms with Gasteiger partial charge in [-0.05, 0) is 11.6 Å². The van der Waals surface area contributed by atoms with Gasteiger partial charge in [0.15, 0.2) is 0 Å². The summed E-state index contributed by atoms with van der Waals surface area (Å²) in [7, 11) is 1.94. The molecular formula is C12H14ClN5. The SMILES string of the molecule is CN(Cc1ccccc1Cl)c1cc(NN)ncn1. The van der Waals surface area contributed by atoms with Crippen LogP contribution in [-0.4, -0.2) is 17.0 Å². The van der Waals surface area contributed by atoms with Crippen LogP contribution in [-0.2, 0) is 6.54 Å². The minimum Gasteiger partial charge on any atom is -0.355 e. The minimum atomic E-state index is 0.575. The first-order valence-corrected chi connectivity index (χ1v) is 5.81. The van der Waals surface area contributed by atoms with Crippen molar-refractivity contribution in [2.24, 2.45) is 5.84 Å². The average molecular weight is 264 g/mol. The van der Waals surface area contributed by atoms with Crippen LogP contribution < -0.4 is 16.2 Å². The quantitative estimate of drug-likeness (QED) is 0.653. The van der Waals surface area contributed by atoms with Crippen LogP contribution in [0.5, 0.6) is 0 Å². The highest BCUT2D eigenvalue weighted by atomic mass is 35.5. The molecule has 0 atom stereocenters. The zero-order chi connectivity index (χ0) is 13.0. The third-order valence-corrected chi connectivity index (χ3v) is 2.93. The van der Waals surface area contributed by atoms with Crippen LogP contribution in [0.2, 0.25) is 5.02 Å². The molecule has 0 aliphatic heterocycles. The smallest absolute Gasteiger partial charge is 0.145 e. The van der Waals surface area contributed by atoms with Gasteiger partial charge in [0.2, 0.25) is 0 Å². The normalized spacial score (nSPS) is 10.2. The lowest BCUT2D eigenvalue weighted by Crippen LogP contribution is -2.19. The summed E-state index contributed by atoms with van der Waals surface area (Å²) in [6.45, 7) is 0.667. The van der Waals surface area contributed by atoms with Crippen molar-refractivity contribution < 1.29 is 0 Å². The van der Waals surface area contributed by atoms with Gasteiger partial charge in [-0.1, -0.05) is 29.8 Å². The number of anilines is 2. The molecule has 94 valence electrons. The fourth-order valence-corrected chi connectivity index (χ4v) is 1.79. The average Bonchev–Trinajstić information content (AvgIpc) is 2.41. The Hall–Kier alpha value is -1.85. The largest absolute Gasteiger partial charge is 0.355 e. The zero-order valence-electron chi connectivity index (χ0n) is 9.97. The number of rotatable bonds is 4. The highest BCUT2D eigenvalue weighted by Crippen LogP contribution is 2.19. The molecule has 18 heavy (non-hydrogen) atoms. The van der Waals surface area contributed by atoms with E-state index in [1.807, 2.05) is 36.2 Å². The first kappa shape index (κ1) is 12.6. The van der Waals surface area contributed by atoms with Crippen molar-refractivity contribution >= 4 is 23.2 Å². The number of benzene rings is 1. The second-order valence-electron chi connectivity index (χ2n) is 3.85. The molecule has 0 saturated carbocycles. The summed E-state index contributed by atoms with van der Waals surface area (Å²) in [5.74, 6) is 6.67. The van der Waals surface area contributed by atoms with E-state index in [-0.39, 0.29) is 0 Å². The molecule has 0 fully saturated rings. The summed E-state index contributed by atoms with van der Waals surface area (Å²) in [6.07, 6.45) is 1.47. The molecule has 0 amide bonds. The van der Waals surface area contributed by atoms with Crippen molar-refractivity contribution in [3.63, 3.8) is 0 Å². The van der Waals surface area contributed by atoms with Gasteiger partial charge in [-0.2, -0.15) is 0 Å². The molecule has 0 aliphatic rings. The van der Waals surface area contributed by atoms with E-state index in [4.69, 9.17) is 17.4 Å². The lowest BCUT2D eigenvalue weighted by molar-refractivity contribution is 0.891. The lowest BCUT2D eigenvalue weighted by Gasteiger charge is -2.19. The van der Waals surface area contributed by atoms with Gasteiger partial charge in [-0.25, -0.2) is 15.8 Å². The van der Waals surface area contributed by atoms with E-state index in [1.165, 1.54) is 6.33 Å². The van der Waals surface area contributed by atoms with E-state index in [0.29, 0.717) is 12.4 Å². The van der Waals surface area contributed by atoms with Gasteiger partial charge < -0.3 is 10.3 Å².